The van der Waals surface area contributed by atoms with Crippen molar-refractivity contribution in [3.8, 4) is 0 Å². The first-order chi connectivity index (χ1) is 8.25. The molecule has 0 heterocycles. The highest BCUT2D eigenvalue weighted by atomic mass is 32.2. The summed E-state index contributed by atoms with van der Waals surface area (Å²) >= 11 is 1.33. The largest absolute Gasteiger partial charge is 0.392 e. The Kier molecular flexibility index (Phi) is 2.97. The van der Waals surface area contributed by atoms with Gasteiger partial charge >= 0.3 is 0 Å². The van der Waals surface area contributed by atoms with E-state index >= 15 is 0 Å². The lowest BCUT2D eigenvalue weighted by Crippen LogP contribution is -2.30. The standard InChI is InChI=1S/C14H16O2S/c15-13-11-7-6-10(11)8-12(13)17-14(16)9-4-2-1-3-5-9/h1-5,10-13,15H,6-8H2/t10?,11?,12?,13-/m1/s1. The minimum Gasteiger partial charge on any atom is -0.392 e. The normalized spacial score (nSPS) is 35.1. The summed E-state index contributed by atoms with van der Waals surface area (Å²) in [6.45, 7) is 0. The quantitative estimate of drug-likeness (QED) is 0.874. The molecule has 2 aliphatic rings. The Balaban J connectivity index is 1.66. The number of thioether (sulfide) groups is 1. The van der Waals surface area contributed by atoms with Crippen LogP contribution in [0.15, 0.2) is 30.3 Å². The van der Waals surface area contributed by atoms with E-state index in [1.807, 2.05) is 30.3 Å². The highest BCUT2D eigenvalue weighted by Gasteiger charge is 2.48. The molecule has 90 valence electrons. The summed E-state index contributed by atoms with van der Waals surface area (Å²) in [6.07, 6.45) is 3.11. The third-order valence-corrected chi connectivity index (χ3v) is 5.32. The molecule has 1 N–H and O–H groups in total. The average molecular weight is 248 g/mol. The van der Waals surface area contributed by atoms with E-state index in [9.17, 15) is 9.90 Å². The molecular formula is C14H16O2S. The van der Waals surface area contributed by atoms with Crippen LogP contribution in [0.1, 0.15) is 29.6 Å². The van der Waals surface area contributed by atoms with Crippen LogP contribution in [0.3, 0.4) is 0 Å². The van der Waals surface area contributed by atoms with Gasteiger partial charge in [0.2, 0.25) is 5.12 Å². The molecular weight excluding hydrogens is 232 g/mol. The van der Waals surface area contributed by atoms with Crippen molar-refractivity contribution in [2.45, 2.75) is 30.6 Å². The van der Waals surface area contributed by atoms with E-state index in [0.29, 0.717) is 11.8 Å². The maximum atomic E-state index is 12.0. The second-order valence-corrected chi connectivity index (χ2v) is 6.25. The lowest BCUT2D eigenvalue weighted by Gasteiger charge is -2.31. The SMILES string of the molecule is O=C(SC1CC2CCC2[C@H]1O)c1ccccc1. The molecule has 1 aromatic carbocycles. The molecule has 0 aromatic heterocycles. The van der Waals surface area contributed by atoms with Crippen molar-refractivity contribution >= 4 is 16.9 Å². The Morgan fingerprint density at radius 1 is 1.24 bits per heavy atom. The molecule has 3 heteroatoms. The molecule has 3 rings (SSSR count). The Labute approximate surface area is 105 Å². The molecule has 0 aliphatic heterocycles. The number of aliphatic hydroxyl groups is 1. The van der Waals surface area contributed by atoms with E-state index in [2.05, 4.69) is 0 Å². The number of hydrogen-bond donors (Lipinski definition) is 1. The van der Waals surface area contributed by atoms with E-state index in [-0.39, 0.29) is 16.5 Å². The molecule has 0 radical (unpaired) electrons. The minimum absolute atomic E-state index is 0.0935. The molecule has 4 atom stereocenters. The molecule has 2 saturated carbocycles. The molecule has 0 spiro atoms. The van der Waals surface area contributed by atoms with Gasteiger partial charge in [0.15, 0.2) is 0 Å². The Morgan fingerprint density at radius 2 is 2.00 bits per heavy atom. The highest BCUT2D eigenvalue weighted by Crippen LogP contribution is 2.50. The number of hydrogen-bond acceptors (Lipinski definition) is 3. The van der Waals surface area contributed by atoms with Gasteiger partial charge in [-0.25, -0.2) is 0 Å². The van der Waals surface area contributed by atoms with Gasteiger partial charge in [0, 0.05) is 10.8 Å². The van der Waals surface area contributed by atoms with E-state index in [1.165, 1.54) is 18.2 Å². The topological polar surface area (TPSA) is 37.3 Å². The number of aliphatic hydroxyl groups excluding tert-OH is 1. The van der Waals surface area contributed by atoms with Crippen LogP contribution in [0.4, 0.5) is 0 Å². The first kappa shape index (κ1) is 11.3. The van der Waals surface area contributed by atoms with Gasteiger partial charge < -0.3 is 5.11 Å². The van der Waals surface area contributed by atoms with Crippen LogP contribution in [0.2, 0.25) is 0 Å². The first-order valence-electron chi connectivity index (χ1n) is 6.20. The van der Waals surface area contributed by atoms with Crippen molar-refractivity contribution < 1.29 is 9.90 Å². The van der Waals surface area contributed by atoms with Crippen molar-refractivity contribution in [3.05, 3.63) is 35.9 Å². The number of rotatable bonds is 2. The Morgan fingerprint density at radius 3 is 2.53 bits per heavy atom. The molecule has 2 aliphatic carbocycles. The number of carbonyl (C=O) groups excluding carboxylic acids is 1. The second-order valence-electron chi connectivity index (χ2n) is 5.04. The van der Waals surface area contributed by atoms with Crippen molar-refractivity contribution in [1.82, 2.24) is 0 Å². The zero-order valence-corrected chi connectivity index (χ0v) is 10.4. The van der Waals surface area contributed by atoms with Crippen molar-refractivity contribution in [1.29, 1.82) is 0 Å². The van der Waals surface area contributed by atoms with Crippen LogP contribution >= 0.6 is 11.8 Å². The smallest absolute Gasteiger partial charge is 0.219 e. The van der Waals surface area contributed by atoms with Gasteiger partial charge in [-0.1, -0.05) is 42.1 Å². The van der Waals surface area contributed by atoms with Gasteiger partial charge in [0.05, 0.1) is 6.10 Å². The Hall–Kier alpha value is -0.800. The third kappa shape index (κ3) is 2.02. The van der Waals surface area contributed by atoms with Crippen LogP contribution in [-0.2, 0) is 0 Å². The van der Waals surface area contributed by atoms with Crippen LogP contribution in [-0.4, -0.2) is 21.6 Å². The van der Waals surface area contributed by atoms with Gasteiger partial charge in [-0.3, -0.25) is 4.79 Å². The second kappa shape index (κ2) is 4.46. The Bertz CT molecular complexity index is 417. The lowest BCUT2D eigenvalue weighted by atomic mass is 9.76. The van der Waals surface area contributed by atoms with Gasteiger partial charge in [-0.2, -0.15) is 0 Å². The summed E-state index contributed by atoms with van der Waals surface area (Å²) in [6, 6.07) is 9.34. The van der Waals surface area contributed by atoms with Gasteiger partial charge in [-0.15, -0.1) is 0 Å². The zero-order chi connectivity index (χ0) is 11.8. The summed E-state index contributed by atoms with van der Waals surface area (Å²) in [5, 5.41) is 10.3. The number of fused-ring (bicyclic) bond motifs is 1. The fourth-order valence-electron chi connectivity index (χ4n) is 2.95. The van der Waals surface area contributed by atoms with Crippen molar-refractivity contribution in [3.63, 3.8) is 0 Å². The fourth-order valence-corrected chi connectivity index (χ4v) is 4.18. The summed E-state index contributed by atoms with van der Waals surface area (Å²) < 4.78 is 0. The third-order valence-electron chi connectivity index (χ3n) is 4.10. The van der Waals surface area contributed by atoms with Crippen molar-refractivity contribution in [2.75, 3.05) is 0 Å². The monoisotopic (exact) mass is 248 g/mol. The summed E-state index contributed by atoms with van der Waals surface area (Å²) in [5.41, 5.74) is 0.740. The van der Waals surface area contributed by atoms with Gasteiger partial charge in [-0.05, 0) is 31.1 Å². The highest BCUT2D eigenvalue weighted by molar-refractivity contribution is 8.14. The molecule has 0 saturated heterocycles. The summed E-state index contributed by atoms with van der Waals surface area (Å²) in [7, 11) is 0. The van der Waals surface area contributed by atoms with E-state index in [1.54, 1.807) is 0 Å². The predicted molar refractivity (Wildman–Crippen MR) is 69.0 cm³/mol. The van der Waals surface area contributed by atoms with E-state index in [4.69, 9.17) is 0 Å². The molecule has 17 heavy (non-hydrogen) atoms. The summed E-state index contributed by atoms with van der Waals surface area (Å²) in [4.78, 5) is 12.0. The maximum absolute atomic E-state index is 12.0. The average Bonchev–Trinajstić information content (AvgIpc) is 2.52. The van der Waals surface area contributed by atoms with E-state index < -0.39 is 0 Å². The van der Waals surface area contributed by atoms with Gasteiger partial charge in [0.25, 0.3) is 0 Å². The maximum Gasteiger partial charge on any atom is 0.219 e. The summed E-state index contributed by atoms with van der Waals surface area (Å²) in [5.74, 6) is 1.14. The molecule has 1 aromatic rings. The molecule has 3 unspecified atom stereocenters. The predicted octanol–water partition coefficient (Wildman–Crippen LogP) is 2.72. The first-order valence-corrected chi connectivity index (χ1v) is 7.08. The number of benzene rings is 1. The minimum atomic E-state index is -0.272. The molecule has 0 bridgehead atoms. The molecule has 0 amide bonds. The fraction of sp³-hybridized carbons (Fsp3) is 0.500. The van der Waals surface area contributed by atoms with Crippen LogP contribution < -0.4 is 0 Å². The lowest BCUT2D eigenvalue weighted by molar-refractivity contribution is 0.0690. The van der Waals surface area contributed by atoms with Crippen LogP contribution in [0.25, 0.3) is 0 Å². The van der Waals surface area contributed by atoms with Crippen LogP contribution in [0.5, 0.6) is 0 Å². The number of carbonyl (C=O) groups is 1. The van der Waals surface area contributed by atoms with Gasteiger partial charge in [0.1, 0.15) is 0 Å². The van der Waals surface area contributed by atoms with Crippen molar-refractivity contribution in [2.24, 2.45) is 11.8 Å². The molecule has 2 fully saturated rings. The van der Waals surface area contributed by atoms with E-state index in [0.717, 1.165) is 18.4 Å². The zero-order valence-electron chi connectivity index (χ0n) is 9.58. The van der Waals surface area contributed by atoms with Crippen LogP contribution in [0, 0.1) is 11.8 Å². The molecule has 2 nitrogen and oxygen atoms in total.